The van der Waals surface area contributed by atoms with Gasteiger partial charge in [0.1, 0.15) is 12.6 Å². The van der Waals surface area contributed by atoms with Crippen LogP contribution in [0.3, 0.4) is 0 Å². The zero-order chi connectivity index (χ0) is 35.2. The minimum absolute atomic E-state index is 0.0306. The van der Waals surface area contributed by atoms with E-state index in [0.29, 0.717) is 9.87 Å². The zero-order valence-electron chi connectivity index (χ0n) is 27.5. The van der Waals surface area contributed by atoms with Gasteiger partial charge >= 0.3 is 6.18 Å². The van der Waals surface area contributed by atoms with Gasteiger partial charge in [0.2, 0.25) is 11.8 Å². The molecular formula is C38H40F3N3O4S. The van der Waals surface area contributed by atoms with Gasteiger partial charge < -0.3 is 10.2 Å². The first-order valence-corrected chi connectivity index (χ1v) is 17.7. The van der Waals surface area contributed by atoms with Gasteiger partial charge in [0.15, 0.2) is 0 Å². The Labute approximate surface area is 285 Å². The van der Waals surface area contributed by atoms with Crippen LogP contribution in [0.15, 0.2) is 108 Å². The summed E-state index contributed by atoms with van der Waals surface area (Å²) in [6, 6.07) is 25.3. The van der Waals surface area contributed by atoms with E-state index in [1.807, 2.05) is 61.5 Å². The van der Waals surface area contributed by atoms with Gasteiger partial charge in [0.25, 0.3) is 10.0 Å². The molecule has 258 valence electrons. The van der Waals surface area contributed by atoms with Crippen LogP contribution in [-0.2, 0) is 38.8 Å². The van der Waals surface area contributed by atoms with E-state index in [2.05, 4.69) is 5.32 Å². The fraction of sp³-hybridized carbons (Fsp3) is 0.316. The second kappa shape index (κ2) is 15.3. The number of anilines is 1. The summed E-state index contributed by atoms with van der Waals surface area (Å²) in [5, 5.41) is 3.11. The molecule has 1 aliphatic rings. The maximum atomic E-state index is 14.6. The molecule has 1 fully saturated rings. The van der Waals surface area contributed by atoms with Crippen LogP contribution in [0, 0.1) is 13.8 Å². The molecule has 2 amide bonds. The van der Waals surface area contributed by atoms with Crippen molar-refractivity contribution in [3.63, 3.8) is 0 Å². The number of carbonyl (C=O) groups excluding carboxylic acids is 2. The topological polar surface area (TPSA) is 86.8 Å². The van der Waals surface area contributed by atoms with Gasteiger partial charge in [-0.25, -0.2) is 8.42 Å². The van der Waals surface area contributed by atoms with Gasteiger partial charge in [0.05, 0.1) is 16.1 Å². The molecule has 0 aliphatic heterocycles. The minimum Gasteiger partial charge on any atom is -0.352 e. The van der Waals surface area contributed by atoms with E-state index in [9.17, 15) is 31.2 Å². The fourth-order valence-corrected chi connectivity index (χ4v) is 7.54. The molecule has 1 aliphatic carbocycles. The molecule has 1 N–H and O–H groups in total. The Morgan fingerprint density at radius 3 is 2.12 bits per heavy atom. The van der Waals surface area contributed by atoms with Crippen molar-refractivity contribution in [3.8, 4) is 0 Å². The Morgan fingerprint density at radius 1 is 0.816 bits per heavy atom. The van der Waals surface area contributed by atoms with E-state index in [-0.39, 0.29) is 35.5 Å². The molecule has 0 spiro atoms. The zero-order valence-corrected chi connectivity index (χ0v) is 28.3. The third-order valence-corrected chi connectivity index (χ3v) is 10.5. The molecule has 1 atom stereocenters. The van der Waals surface area contributed by atoms with E-state index in [4.69, 9.17) is 0 Å². The third-order valence-electron chi connectivity index (χ3n) is 8.76. The first kappa shape index (κ1) is 35.7. The molecule has 0 saturated heterocycles. The summed E-state index contributed by atoms with van der Waals surface area (Å²) in [5.74, 6) is -1.11. The van der Waals surface area contributed by atoms with E-state index in [1.54, 1.807) is 19.1 Å². The number of alkyl halides is 3. The van der Waals surface area contributed by atoms with Crippen molar-refractivity contribution >= 4 is 27.5 Å². The number of aryl methyl sites for hydroxylation is 2. The summed E-state index contributed by atoms with van der Waals surface area (Å²) in [4.78, 5) is 29.9. The second-order valence-corrected chi connectivity index (χ2v) is 14.4. The monoisotopic (exact) mass is 691 g/mol. The molecule has 7 nitrogen and oxygen atoms in total. The van der Waals surface area contributed by atoms with E-state index in [1.165, 1.54) is 23.1 Å². The van der Waals surface area contributed by atoms with Crippen molar-refractivity contribution in [2.45, 2.75) is 75.7 Å². The van der Waals surface area contributed by atoms with Crippen LogP contribution in [0.2, 0.25) is 0 Å². The lowest BCUT2D eigenvalue weighted by Crippen LogP contribution is -2.54. The lowest BCUT2D eigenvalue weighted by molar-refractivity contribution is -0.140. The number of sulfonamides is 1. The van der Waals surface area contributed by atoms with Gasteiger partial charge in [-0.1, -0.05) is 96.8 Å². The number of rotatable bonds is 12. The molecule has 0 radical (unpaired) electrons. The van der Waals surface area contributed by atoms with Crippen LogP contribution in [-0.4, -0.2) is 43.8 Å². The predicted molar refractivity (Wildman–Crippen MR) is 183 cm³/mol. The van der Waals surface area contributed by atoms with Crippen molar-refractivity contribution in [2.24, 2.45) is 0 Å². The number of nitrogens with zero attached hydrogens (tertiary/aromatic N) is 2. The Hall–Kier alpha value is -4.64. The number of hydrogen-bond acceptors (Lipinski definition) is 4. The summed E-state index contributed by atoms with van der Waals surface area (Å²) >= 11 is 0. The Kier molecular flexibility index (Phi) is 11.1. The number of halogens is 3. The Morgan fingerprint density at radius 2 is 1.47 bits per heavy atom. The van der Waals surface area contributed by atoms with Crippen LogP contribution in [0.5, 0.6) is 0 Å². The summed E-state index contributed by atoms with van der Waals surface area (Å²) < 4.78 is 70.6. The highest BCUT2D eigenvalue weighted by atomic mass is 32.2. The summed E-state index contributed by atoms with van der Waals surface area (Å²) in [5.41, 5.74) is 1.82. The fourth-order valence-electron chi connectivity index (χ4n) is 6.13. The Bertz CT molecular complexity index is 1860. The molecule has 0 bridgehead atoms. The van der Waals surface area contributed by atoms with Crippen LogP contribution < -0.4 is 9.62 Å². The van der Waals surface area contributed by atoms with E-state index in [0.717, 1.165) is 60.6 Å². The maximum Gasteiger partial charge on any atom is 0.416 e. The van der Waals surface area contributed by atoms with Crippen molar-refractivity contribution in [1.29, 1.82) is 0 Å². The van der Waals surface area contributed by atoms with Gasteiger partial charge in [-0.15, -0.1) is 0 Å². The summed E-state index contributed by atoms with van der Waals surface area (Å²) in [6.07, 6.45) is -1.03. The van der Waals surface area contributed by atoms with Gasteiger partial charge in [-0.05, 0) is 68.1 Å². The quantitative estimate of drug-likeness (QED) is 0.170. The highest BCUT2D eigenvalue weighted by molar-refractivity contribution is 7.92. The lowest BCUT2D eigenvalue weighted by Gasteiger charge is -2.34. The molecule has 5 rings (SSSR count). The lowest BCUT2D eigenvalue weighted by atomic mass is 10.0. The molecule has 1 saturated carbocycles. The second-order valence-electron chi connectivity index (χ2n) is 12.6. The summed E-state index contributed by atoms with van der Waals surface area (Å²) in [7, 11) is -4.55. The number of benzene rings is 4. The van der Waals surface area contributed by atoms with Gasteiger partial charge in [0, 0.05) is 19.0 Å². The first-order valence-electron chi connectivity index (χ1n) is 16.3. The first-order chi connectivity index (χ1) is 23.3. The van der Waals surface area contributed by atoms with E-state index < -0.39 is 40.3 Å². The van der Waals surface area contributed by atoms with Gasteiger partial charge in [-0.2, -0.15) is 13.2 Å². The van der Waals surface area contributed by atoms with Crippen LogP contribution >= 0.6 is 0 Å². The molecule has 4 aromatic rings. The van der Waals surface area contributed by atoms with Gasteiger partial charge in [-0.3, -0.25) is 13.9 Å². The van der Waals surface area contributed by atoms with E-state index >= 15 is 0 Å². The Balaban J connectivity index is 1.60. The van der Waals surface area contributed by atoms with Crippen LogP contribution in [0.25, 0.3) is 0 Å². The molecule has 1 unspecified atom stereocenters. The third kappa shape index (κ3) is 9.08. The number of hydrogen-bond donors (Lipinski definition) is 1. The summed E-state index contributed by atoms with van der Waals surface area (Å²) in [6.45, 7) is 2.80. The molecule has 11 heteroatoms. The minimum atomic E-state index is -4.75. The van der Waals surface area contributed by atoms with Crippen LogP contribution in [0.1, 0.15) is 53.5 Å². The average Bonchev–Trinajstić information content (AvgIpc) is 3.58. The normalized spacial score (nSPS) is 14.3. The molecular weight excluding hydrogens is 651 g/mol. The van der Waals surface area contributed by atoms with Crippen molar-refractivity contribution in [2.75, 3.05) is 10.8 Å². The molecule has 0 heterocycles. The average molecular weight is 692 g/mol. The van der Waals surface area contributed by atoms with Crippen molar-refractivity contribution in [3.05, 3.63) is 131 Å². The molecule has 0 aromatic heterocycles. The van der Waals surface area contributed by atoms with Crippen molar-refractivity contribution in [1.82, 2.24) is 10.2 Å². The number of nitrogens with one attached hydrogen (secondary N) is 1. The SMILES string of the molecule is Cc1ccc(S(=O)(=O)N(CC(=O)N(Cc2cccc(C)c2)C(Cc2ccccc2)C(=O)NC2CCCC2)c2cccc(C(F)(F)F)c2)cc1. The number of carbonyl (C=O) groups is 2. The molecule has 49 heavy (non-hydrogen) atoms. The van der Waals surface area contributed by atoms with Crippen LogP contribution in [0.4, 0.5) is 18.9 Å². The molecule has 4 aromatic carbocycles. The highest BCUT2D eigenvalue weighted by Gasteiger charge is 2.37. The predicted octanol–water partition coefficient (Wildman–Crippen LogP) is 7.22. The largest absolute Gasteiger partial charge is 0.416 e. The standard InChI is InChI=1S/C38H40F3N3O4S/c1-27-18-20-34(21-19-27)49(47,48)44(33-17-9-14-31(24-33)38(39,40)41)26-36(45)43(25-30-13-8-10-28(2)22-30)35(23-29-11-4-3-5-12-29)37(46)42-32-15-6-7-16-32/h3-5,8-14,17-22,24,32,35H,6-7,15-16,23,25-26H2,1-2H3,(H,42,46). The van der Waals surface area contributed by atoms with Crippen molar-refractivity contribution < 1.29 is 31.2 Å². The smallest absolute Gasteiger partial charge is 0.352 e. The highest BCUT2D eigenvalue weighted by Crippen LogP contribution is 2.33. The maximum absolute atomic E-state index is 14.6. The number of amides is 2.